The molecular weight excluding hydrogens is 272 g/mol. The average molecular weight is 287 g/mol. The van der Waals surface area contributed by atoms with Crippen molar-refractivity contribution < 1.29 is 13.5 Å². The van der Waals surface area contributed by atoms with Gasteiger partial charge in [0.1, 0.15) is 24.0 Å². The Kier molecular flexibility index (Phi) is 4.91. The summed E-state index contributed by atoms with van der Waals surface area (Å²) in [6, 6.07) is 9.14. The molecule has 0 aliphatic heterocycles. The zero-order valence-corrected chi connectivity index (χ0v) is 11.6. The summed E-state index contributed by atoms with van der Waals surface area (Å²) in [6.07, 6.45) is 0. The smallest absolute Gasteiger partial charge is 0.135 e. The third-order valence-electron chi connectivity index (χ3n) is 2.89. The van der Waals surface area contributed by atoms with Crippen LogP contribution in [0.5, 0.6) is 5.75 Å². The van der Waals surface area contributed by atoms with Crippen molar-refractivity contribution in [2.24, 2.45) is 5.73 Å². The Hall–Kier alpha value is -2.38. The number of hydrogen-bond acceptors (Lipinski definition) is 2. The van der Waals surface area contributed by atoms with E-state index < -0.39 is 11.6 Å². The maximum absolute atomic E-state index is 13.6. The van der Waals surface area contributed by atoms with E-state index in [9.17, 15) is 8.78 Å². The predicted molar refractivity (Wildman–Crippen MR) is 77.8 cm³/mol. The lowest BCUT2D eigenvalue weighted by atomic mass is 10.1. The van der Waals surface area contributed by atoms with Gasteiger partial charge in [0.15, 0.2) is 0 Å². The Labute approximate surface area is 122 Å². The van der Waals surface area contributed by atoms with Gasteiger partial charge in [-0.3, -0.25) is 0 Å². The SMILES string of the molecule is Cc1ccc(OCc2c(F)cccc2F)c(C#CCN)c1. The number of rotatable bonds is 3. The molecule has 0 amide bonds. The van der Waals surface area contributed by atoms with Crippen LogP contribution in [0, 0.1) is 30.4 Å². The van der Waals surface area contributed by atoms with Crippen LogP contribution in [0.25, 0.3) is 0 Å². The predicted octanol–water partition coefficient (Wildman–Crippen LogP) is 3.16. The van der Waals surface area contributed by atoms with Crippen LogP contribution in [0.3, 0.4) is 0 Å². The van der Waals surface area contributed by atoms with E-state index in [2.05, 4.69) is 11.8 Å². The molecule has 0 unspecified atom stereocenters. The Morgan fingerprint density at radius 1 is 1.14 bits per heavy atom. The number of halogens is 2. The fraction of sp³-hybridized carbons (Fsp3) is 0.176. The van der Waals surface area contributed by atoms with Gasteiger partial charge in [-0.05, 0) is 36.8 Å². The van der Waals surface area contributed by atoms with E-state index in [4.69, 9.17) is 10.5 Å². The van der Waals surface area contributed by atoms with Crippen LogP contribution in [0.2, 0.25) is 0 Å². The molecule has 4 heteroatoms. The van der Waals surface area contributed by atoms with E-state index in [1.54, 1.807) is 6.07 Å². The Morgan fingerprint density at radius 2 is 1.86 bits per heavy atom. The van der Waals surface area contributed by atoms with Crippen LogP contribution in [0.1, 0.15) is 16.7 Å². The second-order valence-electron chi connectivity index (χ2n) is 4.49. The van der Waals surface area contributed by atoms with Crippen LogP contribution >= 0.6 is 0 Å². The fourth-order valence-electron chi connectivity index (χ4n) is 1.83. The minimum absolute atomic E-state index is 0.101. The van der Waals surface area contributed by atoms with Crippen molar-refractivity contribution >= 4 is 0 Å². The molecule has 2 aromatic rings. The summed E-state index contributed by atoms with van der Waals surface area (Å²) >= 11 is 0. The first-order valence-corrected chi connectivity index (χ1v) is 6.47. The highest BCUT2D eigenvalue weighted by atomic mass is 19.1. The molecule has 0 atom stereocenters. The number of nitrogens with two attached hydrogens (primary N) is 1. The highest BCUT2D eigenvalue weighted by Crippen LogP contribution is 2.22. The van der Waals surface area contributed by atoms with E-state index in [1.807, 2.05) is 19.1 Å². The molecule has 0 saturated heterocycles. The molecule has 2 nitrogen and oxygen atoms in total. The molecule has 0 fully saturated rings. The third-order valence-corrected chi connectivity index (χ3v) is 2.89. The van der Waals surface area contributed by atoms with E-state index in [-0.39, 0.29) is 18.7 Å². The first-order chi connectivity index (χ1) is 10.1. The maximum atomic E-state index is 13.6. The quantitative estimate of drug-likeness (QED) is 0.880. The molecule has 0 aliphatic rings. The van der Waals surface area contributed by atoms with Crippen molar-refractivity contribution in [2.45, 2.75) is 13.5 Å². The van der Waals surface area contributed by atoms with Crippen molar-refractivity contribution in [1.29, 1.82) is 0 Å². The number of hydrogen-bond donors (Lipinski definition) is 1. The van der Waals surface area contributed by atoms with Crippen LogP contribution in [-0.4, -0.2) is 6.54 Å². The number of ether oxygens (including phenoxy) is 1. The summed E-state index contributed by atoms with van der Waals surface area (Å²) in [5.41, 5.74) is 6.92. The summed E-state index contributed by atoms with van der Waals surface area (Å²) in [5, 5.41) is 0. The molecule has 0 saturated carbocycles. The van der Waals surface area contributed by atoms with Gasteiger partial charge < -0.3 is 10.5 Å². The van der Waals surface area contributed by atoms with Gasteiger partial charge in [-0.1, -0.05) is 24.0 Å². The second-order valence-corrected chi connectivity index (χ2v) is 4.49. The fourth-order valence-corrected chi connectivity index (χ4v) is 1.83. The van der Waals surface area contributed by atoms with E-state index in [0.717, 1.165) is 5.56 Å². The molecule has 0 bridgehead atoms. The van der Waals surface area contributed by atoms with Gasteiger partial charge in [0.05, 0.1) is 17.7 Å². The van der Waals surface area contributed by atoms with Gasteiger partial charge in [0.2, 0.25) is 0 Å². The molecule has 0 aliphatic carbocycles. The zero-order valence-electron chi connectivity index (χ0n) is 11.6. The van der Waals surface area contributed by atoms with E-state index >= 15 is 0 Å². The van der Waals surface area contributed by atoms with Crippen molar-refractivity contribution in [1.82, 2.24) is 0 Å². The number of aryl methyl sites for hydroxylation is 1. The van der Waals surface area contributed by atoms with Crippen LogP contribution in [0.4, 0.5) is 8.78 Å². The van der Waals surface area contributed by atoms with E-state index in [0.29, 0.717) is 11.3 Å². The van der Waals surface area contributed by atoms with Gasteiger partial charge in [0.25, 0.3) is 0 Å². The van der Waals surface area contributed by atoms with Crippen molar-refractivity contribution in [3.63, 3.8) is 0 Å². The Bertz CT molecular complexity index is 681. The average Bonchev–Trinajstić information content (AvgIpc) is 2.46. The highest BCUT2D eigenvalue weighted by Gasteiger charge is 2.10. The largest absolute Gasteiger partial charge is 0.487 e. The van der Waals surface area contributed by atoms with Crippen LogP contribution in [-0.2, 0) is 6.61 Å². The molecule has 2 rings (SSSR count). The lowest BCUT2D eigenvalue weighted by Gasteiger charge is -2.10. The van der Waals surface area contributed by atoms with E-state index in [1.165, 1.54) is 18.2 Å². The Balaban J connectivity index is 2.24. The molecule has 0 aromatic heterocycles. The third kappa shape index (κ3) is 3.80. The standard InChI is InChI=1S/C17H15F2NO/c1-12-7-8-17(13(10-12)4-3-9-20)21-11-14-15(18)5-2-6-16(14)19/h2,5-8,10H,9,11,20H2,1H3. The normalized spacial score (nSPS) is 9.90. The van der Waals surface area contributed by atoms with Crippen LogP contribution in [0.15, 0.2) is 36.4 Å². The molecule has 0 radical (unpaired) electrons. The van der Waals surface area contributed by atoms with Crippen LogP contribution < -0.4 is 10.5 Å². The summed E-state index contributed by atoms with van der Waals surface area (Å²) in [5.74, 6) is 4.85. The van der Waals surface area contributed by atoms with Gasteiger partial charge in [-0.15, -0.1) is 0 Å². The zero-order chi connectivity index (χ0) is 15.2. The van der Waals surface area contributed by atoms with Crippen molar-refractivity contribution in [2.75, 3.05) is 6.54 Å². The molecule has 0 heterocycles. The molecule has 2 aromatic carbocycles. The molecular formula is C17H15F2NO. The summed E-state index contributed by atoms with van der Waals surface area (Å²) < 4.78 is 32.6. The highest BCUT2D eigenvalue weighted by molar-refractivity contribution is 5.48. The molecule has 0 spiro atoms. The maximum Gasteiger partial charge on any atom is 0.135 e. The minimum Gasteiger partial charge on any atom is -0.487 e. The lowest BCUT2D eigenvalue weighted by Crippen LogP contribution is -2.03. The second kappa shape index (κ2) is 6.87. The van der Waals surface area contributed by atoms with Gasteiger partial charge in [0, 0.05) is 0 Å². The van der Waals surface area contributed by atoms with Gasteiger partial charge in [-0.2, -0.15) is 0 Å². The first-order valence-electron chi connectivity index (χ1n) is 6.47. The van der Waals surface area contributed by atoms with Gasteiger partial charge >= 0.3 is 0 Å². The topological polar surface area (TPSA) is 35.2 Å². The number of benzene rings is 2. The Morgan fingerprint density at radius 3 is 2.52 bits per heavy atom. The van der Waals surface area contributed by atoms with Crippen molar-refractivity contribution in [3.8, 4) is 17.6 Å². The van der Waals surface area contributed by atoms with Crippen molar-refractivity contribution in [3.05, 3.63) is 64.7 Å². The molecule has 2 N–H and O–H groups in total. The monoisotopic (exact) mass is 287 g/mol. The van der Waals surface area contributed by atoms with Gasteiger partial charge in [-0.25, -0.2) is 8.78 Å². The summed E-state index contributed by atoms with van der Waals surface area (Å²) in [4.78, 5) is 0. The first kappa shape index (κ1) is 15.0. The minimum atomic E-state index is -0.628. The summed E-state index contributed by atoms with van der Waals surface area (Å²) in [6.45, 7) is 1.96. The molecule has 21 heavy (non-hydrogen) atoms. The summed E-state index contributed by atoms with van der Waals surface area (Å²) in [7, 11) is 0. The molecule has 108 valence electrons. The lowest BCUT2D eigenvalue weighted by molar-refractivity contribution is 0.291.